The average Bonchev–Trinajstić information content (AvgIpc) is 3.43. The van der Waals surface area contributed by atoms with Gasteiger partial charge in [0.05, 0.1) is 21.1 Å². The number of carbonyl (C=O) groups excluding carboxylic acids is 1. The molecule has 1 aliphatic rings. The zero-order valence-electron chi connectivity index (χ0n) is 15.7. The van der Waals surface area contributed by atoms with E-state index in [1.165, 1.54) is 12.1 Å². The van der Waals surface area contributed by atoms with Gasteiger partial charge in [0.1, 0.15) is 6.17 Å². The molecule has 0 spiro atoms. The van der Waals surface area contributed by atoms with Crippen molar-refractivity contribution in [3.63, 3.8) is 0 Å². The summed E-state index contributed by atoms with van der Waals surface area (Å²) in [6.07, 6.45) is -0.444. The van der Waals surface area contributed by atoms with Gasteiger partial charge >= 0.3 is 0 Å². The fourth-order valence-corrected chi connectivity index (χ4v) is 5.73. The smallest absolute Gasteiger partial charge is 0.270 e. The van der Waals surface area contributed by atoms with Crippen LogP contribution >= 0.6 is 45.3 Å². The fourth-order valence-electron chi connectivity index (χ4n) is 3.46. The third kappa shape index (κ3) is 3.70. The van der Waals surface area contributed by atoms with Crippen molar-refractivity contribution in [2.24, 2.45) is 0 Å². The van der Waals surface area contributed by atoms with Crippen LogP contribution in [0.4, 0.5) is 17.1 Å². The molecule has 1 aliphatic heterocycles. The van der Waals surface area contributed by atoms with Crippen LogP contribution < -0.4 is 10.2 Å². The van der Waals surface area contributed by atoms with E-state index in [2.05, 4.69) is 32.9 Å². The van der Waals surface area contributed by atoms with Crippen molar-refractivity contribution in [2.75, 3.05) is 10.2 Å². The number of fused-ring (bicyclic) bond motifs is 1. The van der Waals surface area contributed by atoms with Crippen LogP contribution in [0.2, 0.25) is 0 Å². The van der Waals surface area contributed by atoms with Crippen LogP contribution in [0.3, 0.4) is 0 Å². The second-order valence-corrected chi connectivity index (χ2v) is 10.5. The van der Waals surface area contributed by atoms with Gasteiger partial charge in [-0.25, -0.2) is 4.98 Å². The number of nitrogens with zero attached hydrogens (tertiary/aromatic N) is 3. The summed E-state index contributed by atoms with van der Waals surface area (Å²) in [6.45, 7) is 0. The molecular weight excluding hydrogens is 547 g/mol. The first kappa shape index (κ1) is 20.1. The highest BCUT2D eigenvalue weighted by Gasteiger charge is 2.36. The number of thiazole rings is 1. The molecule has 0 aliphatic carbocycles. The standard InChI is InChI=1S/C21H13IN4O3S2/c22-21-24-16(11-30-21)17-8-9-18(31-17)19-23-15-7-6-13(26(28)29)10-14(15)20(27)25(19)12-4-2-1-3-5-12/h1-11,19,23H. The Morgan fingerprint density at radius 3 is 2.65 bits per heavy atom. The number of anilines is 2. The maximum Gasteiger partial charge on any atom is 0.270 e. The number of non-ortho nitro benzene ring substituents is 1. The number of benzene rings is 2. The van der Waals surface area contributed by atoms with E-state index < -0.39 is 11.1 Å². The molecule has 0 fully saturated rings. The summed E-state index contributed by atoms with van der Waals surface area (Å²) in [5, 5.41) is 16.6. The Labute approximate surface area is 198 Å². The zero-order chi connectivity index (χ0) is 21.5. The normalized spacial score (nSPS) is 15.5. The van der Waals surface area contributed by atoms with E-state index >= 15 is 0 Å². The van der Waals surface area contributed by atoms with E-state index in [-0.39, 0.29) is 17.2 Å². The SMILES string of the molecule is O=C1c2cc([N+](=O)[O-])ccc2NC(c2ccc(-c3csc(I)n3)s2)N1c1ccccc1. The lowest BCUT2D eigenvalue weighted by Crippen LogP contribution is -2.42. The first-order chi connectivity index (χ1) is 15.0. The van der Waals surface area contributed by atoms with Gasteiger partial charge in [0.25, 0.3) is 11.6 Å². The molecule has 0 radical (unpaired) electrons. The van der Waals surface area contributed by atoms with Crippen LogP contribution in [0.15, 0.2) is 66.0 Å². The molecule has 3 heterocycles. The van der Waals surface area contributed by atoms with Crippen molar-refractivity contribution in [1.82, 2.24) is 4.98 Å². The number of amides is 1. The minimum absolute atomic E-state index is 0.114. The van der Waals surface area contributed by atoms with Crippen LogP contribution in [0.1, 0.15) is 21.4 Å². The highest BCUT2D eigenvalue weighted by atomic mass is 127. The Morgan fingerprint density at radius 1 is 1.13 bits per heavy atom. The Morgan fingerprint density at radius 2 is 1.94 bits per heavy atom. The average molecular weight is 560 g/mol. The highest BCUT2D eigenvalue weighted by Crippen LogP contribution is 2.41. The van der Waals surface area contributed by atoms with E-state index in [0.717, 1.165) is 18.5 Å². The number of nitro groups is 1. The monoisotopic (exact) mass is 560 g/mol. The quantitative estimate of drug-likeness (QED) is 0.184. The molecule has 1 amide bonds. The number of hydrogen-bond acceptors (Lipinski definition) is 7. The molecule has 2 aromatic carbocycles. The van der Waals surface area contributed by atoms with Crippen LogP contribution in [-0.4, -0.2) is 15.8 Å². The van der Waals surface area contributed by atoms with E-state index in [9.17, 15) is 14.9 Å². The van der Waals surface area contributed by atoms with Gasteiger partial charge in [-0.1, -0.05) is 18.2 Å². The summed E-state index contributed by atoms with van der Waals surface area (Å²) in [5.41, 5.74) is 2.36. The maximum atomic E-state index is 13.5. The molecule has 5 rings (SSSR count). The summed E-state index contributed by atoms with van der Waals surface area (Å²) in [7, 11) is 0. The van der Waals surface area contributed by atoms with E-state index in [4.69, 9.17) is 0 Å². The number of carbonyl (C=O) groups is 1. The van der Waals surface area contributed by atoms with Gasteiger partial charge in [-0.15, -0.1) is 22.7 Å². The van der Waals surface area contributed by atoms with Crippen LogP contribution in [0, 0.1) is 13.1 Å². The molecule has 31 heavy (non-hydrogen) atoms. The van der Waals surface area contributed by atoms with Crippen molar-refractivity contribution in [3.05, 3.63) is 89.6 Å². The topological polar surface area (TPSA) is 88.4 Å². The van der Waals surface area contributed by atoms with E-state index in [1.807, 2.05) is 47.8 Å². The second-order valence-electron chi connectivity index (χ2n) is 6.73. The van der Waals surface area contributed by atoms with Gasteiger partial charge in [0.15, 0.2) is 3.01 Å². The maximum absolute atomic E-state index is 13.5. The number of hydrogen-bond donors (Lipinski definition) is 1. The molecule has 0 saturated carbocycles. The van der Waals surface area contributed by atoms with Gasteiger partial charge in [-0.05, 0) is 52.9 Å². The number of rotatable bonds is 4. The summed E-state index contributed by atoms with van der Waals surface area (Å²) in [6, 6.07) is 17.6. The molecule has 1 N–H and O–H groups in total. The van der Waals surface area contributed by atoms with Crippen molar-refractivity contribution < 1.29 is 9.72 Å². The Balaban J connectivity index is 1.60. The number of nitro benzene ring substituents is 1. The predicted octanol–water partition coefficient (Wildman–Crippen LogP) is 6.16. The van der Waals surface area contributed by atoms with Crippen molar-refractivity contribution in [1.29, 1.82) is 0 Å². The molecule has 1 atom stereocenters. The Bertz CT molecular complexity index is 1300. The molecule has 0 bridgehead atoms. The van der Waals surface area contributed by atoms with Gasteiger partial charge in [-0.3, -0.25) is 19.8 Å². The van der Waals surface area contributed by atoms with Crippen LogP contribution in [0.5, 0.6) is 0 Å². The van der Waals surface area contributed by atoms with Gasteiger partial charge in [0.2, 0.25) is 0 Å². The number of thiophene rings is 1. The first-order valence-corrected chi connectivity index (χ1v) is 11.9. The lowest BCUT2D eigenvalue weighted by Gasteiger charge is -2.37. The summed E-state index contributed by atoms with van der Waals surface area (Å²) >= 11 is 5.35. The van der Waals surface area contributed by atoms with Gasteiger partial charge in [-0.2, -0.15) is 0 Å². The largest absolute Gasteiger partial charge is 0.360 e. The van der Waals surface area contributed by atoms with E-state index in [1.54, 1.807) is 33.6 Å². The van der Waals surface area contributed by atoms with Crippen molar-refractivity contribution in [3.8, 4) is 10.6 Å². The molecule has 4 aromatic rings. The summed E-state index contributed by atoms with van der Waals surface area (Å²) < 4.78 is 0.968. The van der Waals surface area contributed by atoms with Crippen LogP contribution in [-0.2, 0) is 0 Å². The molecule has 1 unspecified atom stereocenters. The summed E-state index contributed by atoms with van der Waals surface area (Å²) in [5.74, 6) is -0.285. The lowest BCUT2D eigenvalue weighted by molar-refractivity contribution is -0.384. The van der Waals surface area contributed by atoms with Crippen molar-refractivity contribution in [2.45, 2.75) is 6.17 Å². The number of nitrogens with one attached hydrogen (secondary N) is 1. The highest BCUT2D eigenvalue weighted by molar-refractivity contribution is 14.1. The number of para-hydroxylation sites is 1. The van der Waals surface area contributed by atoms with Gasteiger partial charge < -0.3 is 5.32 Å². The number of aromatic nitrogens is 1. The van der Waals surface area contributed by atoms with Gasteiger partial charge in [0, 0.05) is 33.8 Å². The number of halogens is 1. The Kier molecular flexibility index (Phi) is 5.20. The molecule has 154 valence electrons. The minimum atomic E-state index is -0.493. The molecule has 10 heteroatoms. The lowest BCUT2D eigenvalue weighted by atomic mass is 10.0. The first-order valence-electron chi connectivity index (χ1n) is 9.16. The third-order valence-corrected chi connectivity index (χ3v) is 7.66. The summed E-state index contributed by atoms with van der Waals surface area (Å²) in [4.78, 5) is 32.4. The van der Waals surface area contributed by atoms with E-state index in [0.29, 0.717) is 11.4 Å². The third-order valence-electron chi connectivity index (χ3n) is 4.87. The second kappa shape index (κ2) is 8.02. The Hall–Kier alpha value is -2.83. The predicted molar refractivity (Wildman–Crippen MR) is 131 cm³/mol. The molecule has 2 aromatic heterocycles. The zero-order valence-corrected chi connectivity index (χ0v) is 19.5. The van der Waals surface area contributed by atoms with Crippen LogP contribution in [0.25, 0.3) is 10.6 Å². The minimum Gasteiger partial charge on any atom is -0.360 e. The molecule has 7 nitrogen and oxygen atoms in total. The fraction of sp³-hybridized carbons (Fsp3) is 0.0476. The molecule has 0 saturated heterocycles. The molecular formula is C21H13IN4O3S2. The van der Waals surface area contributed by atoms with Crippen molar-refractivity contribution >= 4 is 68.2 Å².